The summed E-state index contributed by atoms with van der Waals surface area (Å²) in [6, 6.07) is 0. The third kappa shape index (κ3) is 6.55. The molecule has 1 N–H and O–H groups in total. The van der Waals surface area contributed by atoms with Gasteiger partial charge >= 0.3 is 3.93 Å². The van der Waals surface area contributed by atoms with Gasteiger partial charge in [-0.05, 0) is 6.54 Å². The molecule has 8 heavy (non-hydrogen) atoms. The van der Waals surface area contributed by atoms with Crippen LogP contribution in [0.1, 0.15) is 6.92 Å². The van der Waals surface area contributed by atoms with Crippen molar-refractivity contribution in [1.82, 2.24) is 5.32 Å². The van der Waals surface area contributed by atoms with Crippen LogP contribution in [-0.4, -0.2) is 17.0 Å². The van der Waals surface area contributed by atoms with Crippen LogP contribution in [0.2, 0.25) is 0 Å². The van der Waals surface area contributed by atoms with Gasteiger partial charge in [-0.1, -0.05) is 6.92 Å². The largest absolute Gasteiger partial charge is 0.311 e. The first-order valence-corrected chi connectivity index (χ1v) is 3.41. The molecule has 0 rings (SSSR count). The lowest BCUT2D eigenvalue weighted by Gasteiger charge is -2.06. The second kappa shape index (κ2) is 3.55. The molecule has 0 aromatic rings. The summed E-state index contributed by atoms with van der Waals surface area (Å²) in [6.45, 7) is 2.16. The molecule has 0 atom stereocenters. The summed E-state index contributed by atoms with van der Waals surface area (Å²) in [4.78, 5) is 0. The van der Waals surface area contributed by atoms with Gasteiger partial charge in [-0.25, -0.2) is 0 Å². The molecule has 50 valence electrons. The fourth-order valence-electron chi connectivity index (χ4n) is 0.267. The van der Waals surface area contributed by atoms with Crippen LogP contribution in [0, 0.1) is 0 Å². The predicted molar refractivity (Wildman–Crippen MR) is 37.5 cm³/mol. The van der Waals surface area contributed by atoms with Crippen LogP contribution in [-0.2, 0) is 0 Å². The van der Waals surface area contributed by atoms with E-state index in [1.165, 1.54) is 0 Å². The molecule has 0 unspecified atom stereocenters. The van der Waals surface area contributed by atoms with Crippen LogP contribution in [0.4, 0.5) is 8.78 Å². The van der Waals surface area contributed by atoms with Crippen molar-refractivity contribution in [3.05, 3.63) is 0 Å². The minimum Gasteiger partial charge on any atom is -0.311 e. The molecule has 0 saturated carbocycles. The predicted octanol–water partition coefficient (Wildman–Crippen LogP) is 1.62. The molecule has 0 aromatic heterocycles. The van der Waals surface area contributed by atoms with Gasteiger partial charge in [-0.3, -0.25) is 0 Å². The third-order valence-electron chi connectivity index (χ3n) is 0.575. The zero-order valence-electron chi connectivity index (χ0n) is 4.55. The van der Waals surface area contributed by atoms with Gasteiger partial charge in [0.15, 0.2) is 0 Å². The van der Waals surface area contributed by atoms with Gasteiger partial charge in [0, 0.05) is 22.6 Å². The Morgan fingerprint density at radius 2 is 2.12 bits per heavy atom. The van der Waals surface area contributed by atoms with E-state index in [2.05, 4.69) is 5.32 Å². The minimum atomic E-state index is -2.59. The minimum absolute atomic E-state index is 0.232. The van der Waals surface area contributed by atoms with Gasteiger partial charge in [0.05, 0.1) is 6.54 Å². The molecule has 0 spiro atoms. The van der Waals surface area contributed by atoms with E-state index in [-0.39, 0.29) is 6.54 Å². The molecule has 0 saturated heterocycles. The maximum Gasteiger partial charge on any atom is 0.308 e. The van der Waals surface area contributed by atoms with Crippen LogP contribution in [0.15, 0.2) is 0 Å². The highest BCUT2D eigenvalue weighted by Crippen LogP contribution is 2.20. The highest BCUT2D eigenvalue weighted by molar-refractivity contribution is 14.1. The molecule has 0 bridgehead atoms. The number of rotatable bonds is 3. The standard InChI is InChI=1S/C4H8F2IN/c1-2-8-3-4(5,6)7/h8H,2-3H2,1H3. The highest BCUT2D eigenvalue weighted by Gasteiger charge is 2.21. The molecule has 0 aliphatic rings. The number of halogens is 3. The Bertz CT molecular complexity index is 61.5. The first-order valence-electron chi connectivity index (χ1n) is 2.33. The average Bonchev–Trinajstić information content (AvgIpc) is 1.59. The second-order valence-corrected chi connectivity index (χ2v) is 2.97. The van der Waals surface area contributed by atoms with Gasteiger partial charge < -0.3 is 5.32 Å². The van der Waals surface area contributed by atoms with Crippen LogP contribution >= 0.6 is 22.6 Å². The quantitative estimate of drug-likeness (QED) is 0.579. The smallest absolute Gasteiger partial charge is 0.308 e. The van der Waals surface area contributed by atoms with Gasteiger partial charge in [-0.15, -0.1) is 0 Å². The number of nitrogens with one attached hydrogen (secondary N) is 1. The van der Waals surface area contributed by atoms with Gasteiger partial charge in [-0.2, -0.15) is 8.78 Å². The molecular formula is C4H8F2IN. The summed E-state index contributed by atoms with van der Waals surface area (Å²) >= 11 is 1.10. The lowest BCUT2D eigenvalue weighted by atomic mass is 10.6. The number of alkyl halides is 3. The molecule has 0 radical (unpaired) electrons. The van der Waals surface area contributed by atoms with Crippen LogP contribution in [0.5, 0.6) is 0 Å². The van der Waals surface area contributed by atoms with Crippen LogP contribution in [0.3, 0.4) is 0 Å². The van der Waals surface area contributed by atoms with E-state index >= 15 is 0 Å². The fourth-order valence-corrected chi connectivity index (χ4v) is 0.536. The Kier molecular flexibility index (Phi) is 3.80. The van der Waals surface area contributed by atoms with E-state index in [4.69, 9.17) is 0 Å². The lowest BCUT2D eigenvalue weighted by molar-refractivity contribution is 0.126. The summed E-state index contributed by atoms with van der Waals surface area (Å²) in [5.41, 5.74) is 0. The van der Waals surface area contributed by atoms with Crippen molar-refractivity contribution in [1.29, 1.82) is 0 Å². The molecule has 0 fully saturated rings. The molecule has 0 aliphatic heterocycles. The van der Waals surface area contributed by atoms with Gasteiger partial charge in [0.1, 0.15) is 0 Å². The van der Waals surface area contributed by atoms with Crippen LogP contribution in [0.25, 0.3) is 0 Å². The summed E-state index contributed by atoms with van der Waals surface area (Å²) in [6.07, 6.45) is 0. The Hall–Kier alpha value is 0.550. The van der Waals surface area contributed by atoms with E-state index in [1.54, 1.807) is 6.92 Å². The Morgan fingerprint density at radius 1 is 1.62 bits per heavy atom. The van der Waals surface area contributed by atoms with Crippen molar-refractivity contribution in [3.63, 3.8) is 0 Å². The molecule has 0 aliphatic carbocycles. The van der Waals surface area contributed by atoms with E-state index in [0.29, 0.717) is 6.54 Å². The second-order valence-electron chi connectivity index (χ2n) is 1.40. The first-order chi connectivity index (χ1) is 3.56. The van der Waals surface area contributed by atoms with Gasteiger partial charge in [0.2, 0.25) is 0 Å². The SMILES string of the molecule is CCNCC(F)(F)I. The maximum absolute atomic E-state index is 11.8. The Balaban J connectivity index is 3.11. The topological polar surface area (TPSA) is 12.0 Å². The van der Waals surface area contributed by atoms with Crippen molar-refractivity contribution < 1.29 is 8.78 Å². The van der Waals surface area contributed by atoms with E-state index in [0.717, 1.165) is 22.6 Å². The van der Waals surface area contributed by atoms with Crippen LogP contribution < -0.4 is 5.32 Å². The van der Waals surface area contributed by atoms with Gasteiger partial charge in [0.25, 0.3) is 0 Å². The molecule has 4 heteroatoms. The zero-order chi connectivity index (χ0) is 6.62. The third-order valence-corrected chi connectivity index (χ3v) is 0.957. The Labute approximate surface area is 61.0 Å². The summed E-state index contributed by atoms with van der Waals surface area (Å²) in [5, 5.41) is 2.53. The molecular weight excluding hydrogens is 227 g/mol. The van der Waals surface area contributed by atoms with Crippen molar-refractivity contribution in [2.75, 3.05) is 13.1 Å². The van der Waals surface area contributed by atoms with Crippen molar-refractivity contribution >= 4 is 22.6 Å². The molecule has 0 aromatic carbocycles. The molecule has 0 heterocycles. The number of hydrogen-bond acceptors (Lipinski definition) is 1. The van der Waals surface area contributed by atoms with Crippen molar-refractivity contribution in [3.8, 4) is 0 Å². The summed E-state index contributed by atoms with van der Waals surface area (Å²) in [5.74, 6) is 0. The van der Waals surface area contributed by atoms with E-state index in [1.807, 2.05) is 0 Å². The average molecular weight is 235 g/mol. The van der Waals surface area contributed by atoms with Crippen molar-refractivity contribution in [2.24, 2.45) is 0 Å². The monoisotopic (exact) mass is 235 g/mol. The molecule has 1 nitrogen and oxygen atoms in total. The van der Waals surface area contributed by atoms with Crippen molar-refractivity contribution in [2.45, 2.75) is 10.9 Å². The maximum atomic E-state index is 11.8. The Morgan fingerprint density at radius 3 is 2.25 bits per heavy atom. The number of hydrogen-bond donors (Lipinski definition) is 1. The fraction of sp³-hybridized carbons (Fsp3) is 1.00. The lowest BCUT2D eigenvalue weighted by Crippen LogP contribution is -2.26. The summed E-state index contributed by atoms with van der Waals surface area (Å²) in [7, 11) is 0. The highest BCUT2D eigenvalue weighted by atomic mass is 127. The first kappa shape index (κ1) is 8.55. The molecule has 0 amide bonds. The van der Waals surface area contributed by atoms with E-state index < -0.39 is 3.93 Å². The zero-order valence-corrected chi connectivity index (χ0v) is 6.71. The normalized spacial score (nSPS) is 12.0. The van der Waals surface area contributed by atoms with E-state index in [9.17, 15) is 8.78 Å². The summed E-state index contributed by atoms with van der Waals surface area (Å²) < 4.78 is 21.1.